The molecule has 0 aliphatic carbocycles. The number of aliphatic hydroxyl groups excluding tert-OH is 1. The first-order chi connectivity index (χ1) is 8.74. The average Bonchev–Trinajstić information content (AvgIpc) is 2.81. The van der Waals surface area contributed by atoms with Crippen LogP contribution in [0.25, 0.3) is 11.0 Å². The van der Waals surface area contributed by atoms with Crippen LogP contribution in [0.3, 0.4) is 0 Å². The van der Waals surface area contributed by atoms with Gasteiger partial charge in [0.15, 0.2) is 0 Å². The highest BCUT2D eigenvalue weighted by Crippen LogP contribution is 2.28. The molecule has 0 radical (unpaired) electrons. The van der Waals surface area contributed by atoms with Crippen LogP contribution in [-0.4, -0.2) is 17.7 Å². The summed E-state index contributed by atoms with van der Waals surface area (Å²) in [6.07, 6.45) is 2.53. The highest BCUT2D eigenvalue weighted by molar-refractivity contribution is 5.77. The van der Waals surface area contributed by atoms with Crippen LogP contribution in [0.2, 0.25) is 0 Å². The van der Waals surface area contributed by atoms with Gasteiger partial charge in [0.25, 0.3) is 0 Å². The summed E-state index contributed by atoms with van der Waals surface area (Å²) in [4.78, 5) is 0. The molecule has 2 N–H and O–H groups in total. The van der Waals surface area contributed by atoms with Gasteiger partial charge in [-0.2, -0.15) is 0 Å². The van der Waals surface area contributed by atoms with Crippen molar-refractivity contribution in [1.29, 1.82) is 0 Å². The van der Waals surface area contributed by atoms with E-state index in [-0.39, 0.29) is 11.9 Å². The third kappa shape index (κ3) is 2.13. The third-order valence-corrected chi connectivity index (χ3v) is 3.52. The Bertz CT molecular complexity index is 546. The number of hydrogen-bond acceptors (Lipinski definition) is 3. The number of aliphatic hydroxyl groups is 1. The molecule has 18 heavy (non-hydrogen) atoms. The number of nitrogens with one attached hydrogen (secondary N) is 1. The molecule has 1 saturated heterocycles. The minimum Gasteiger partial charge on any atom is -0.458 e. The number of halogens is 1. The maximum atomic E-state index is 13.1. The molecular weight excluding hydrogens is 233 g/mol. The molecule has 1 aromatic heterocycles. The molecule has 1 aromatic carbocycles. The number of furan rings is 1. The van der Waals surface area contributed by atoms with E-state index in [1.54, 1.807) is 12.1 Å². The maximum Gasteiger partial charge on any atom is 0.135 e. The zero-order valence-corrected chi connectivity index (χ0v) is 10.0. The number of benzene rings is 1. The Morgan fingerprint density at radius 1 is 1.33 bits per heavy atom. The monoisotopic (exact) mass is 249 g/mol. The van der Waals surface area contributed by atoms with Crippen LogP contribution in [0.1, 0.15) is 31.1 Å². The van der Waals surface area contributed by atoms with E-state index < -0.39 is 6.10 Å². The number of piperidine rings is 1. The summed E-state index contributed by atoms with van der Waals surface area (Å²) in [6.45, 7) is 0.927. The molecule has 3 rings (SSSR count). The van der Waals surface area contributed by atoms with Gasteiger partial charge in [-0.3, -0.25) is 0 Å². The molecule has 96 valence electrons. The fourth-order valence-electron chi connectivity index (χ4n) is 2.53. The molecule has 0 amide bonds. The van der Waals surface area contributed by atoms with Gasteiger partial charge in [-0.05, 0) is 43.7 Å². The molecule has 1 aliphatic heterocycles. The quantitative estimate of drug-likeness (QED) is 0.860. The fourth-order valence-corrected chi connectivity index (χ4v) is 2.53. The van der Waals surface area contributed by atoms with Crippen molar-refractivity contribution in [3.05, 3.63) is 35.8 Å². The Labute approximate surface area is 105 Å². The van der Waals surface area contributed by atoms with Gasteiger partial charge in [-0.15, -0.1) is 0 Å². The van der Waals surface area contributed by atoms with E-state index in [0.717, 1.165) is 25.8 Å². The van der Waals surface area contributed by atoms with Crippen LogP contribution < -0.4 is 5.32 Å². The lowest BCUT2D eigenvalue weighted by Crippen LogP contribution is -2.38. The molecule has 1 fully saturated rings. The lowest BCUT2D eigenvalue weighted by atomic mass is 9.98. The minimum atomic E-state index is -0.666. The summed E-state index contributed by atoms with van der Waals surface area (Å²) >= 11 is 0. The first-order valence-corrected chi connectivity index (χ1v) is 6.34. The van der Waals surface area contributed by atoms with Crippen molar-refractivity contribution in [2.45, 2.75) is 31.4 Å². The lowest BCUT2D eigenvalue weighted by molar-refractivity contribution is 0.0941. The largest absolute Gasteiger partial charge is 0.458 e. The highest BCUT2D eigenvalue weighted by Gasteiger charge is 2.25. The first kappa shape index (κ1) is 11.7. The zero-order chi connectivity index (χ0) is 12.5. The van der Waals surface area contributed by atoms with Gasteiger partial charge in [-0.1, -0.05) is 6.42 Å². The van der Waals surface area contributed by atoms with Crippen molar-refractivity contribution in [3.8, 4) is 0 Å². The van der Waals surface area contributed by atoms with Crippen molar-refractivity contribution in [1.82, 2.24) is 5.32 Å². The Morgan fingerprint density at radius 2 is 2.22 bits per heavy atom. The number of hydrogen-bond donors (Lipinski definition) is 2. The Kier molecular flexibility index (Phi) is 3.06. The van der Waals surface area contributed by atoms with Gasteiger partial charge in [0, 0.05) is 11.4 Å². The van der Waals surface area contributed by atoms with E-state index in [0.29, 0.717) is 16.7 Å². The second-order valence-electron chi connectivity index (χ2n) is 4.83. The summed E-state index contributed by atoms with van der Waals surface area (Å²) in [6, 6.07) is 6.13. The van der Waals surface area contributed by atoms with Crippen molar-refractivity contribution in [2.24, 2.45) is 0 Å². The van der Waals surface area contributed by atoms with Crippen molar-refractivity contribution < 1.29 is 13.9 Å². The molecule has 3 nitrogen and oxygen atoms in total. The van der Waals surface area contributed by atoms with Crippen molar-refractivity contribution >= 4 is 11.0 Å². The van der Waals surface area contributed by atoms with E-state index >= 15 is 0 Å². The van der Waals surface area contributed by atoms with Crippen molar-refractivity contribution in [2.75, 3.05) is 6.54 Å². The van der Waals surface area contributed by atoms with E-state index in [9.17, 15) is 9.50 Å². The van der Waals surface area contributed by atoms with Gasteiger partial charge in [0.05, 0.1) is 0 Å². The molecule has 4 heteroatoms. The molecule has 0 spiro atoms. The van der Waals surface area contributed by atoms with Gasteiger partial charge >= 0.3 is 0 Å². The third-order valence-electron chi connectivity index (χ3n) is 3.52. The molecule has 1 aliphatic rings. The predicted octanol–water partition coefficient (Wildman–Crippen LogP) is 2.75. The van der Waals surface area contributed by atoms with E-state index in [4.69, 9.17) is 4.42 Å². The average molecular weight is 249 g/mol. The Balaban J connectivity index is 1.88. The van der Waals surface area contributed by atoms with Crippen LogP contribution in [0.15, 0.2) is 28.7 Å². The van der Waals surface area contributed by atoms with Gasteiger partial charge in [0.1, 0.15) is 23.3 Å². The molecule has 0 saturated carbocycles. The molecule has 2 unspecified atom stereocenters. The predicted molar refractivity (Wildman–Crippen MR) is 66.8 cm³/mol. The van der Waals surface area contributed by atoms with Crippen LogP contribution in [-0.2, 0) is 0 Å². The summed E-state index contributed by atoms with van der Waals surface area (Å²) in [5.41, 5.74) is 0.612. The van der Waals surface area contributed by atoms with Crippen LogP contribution in [0.4, 0.5) is 4.39 Å². The SMILES string of the molecule is OC(c1cc2cc(F)ccc2o1)C1CCCCN1. The smallest absolute Gasteiger partial charge is 0.135 e. The molecule has 2 aromatic rings. The summed E-state index contributed by atoms with van der Waals surface area (Å²) < 4.78 is 18.7. The number of rotatable bonds is 2. The normalized spacial score (nSPS) is 22.2. The topological polar surface area (TPSA) is 45.4 Å². The summed E-state index contributed by atoms with van der Waals surface area (Å²) in [5.74, 6) is 0.218. The summed E-state index contributed by atoms with van der Waals surface area (Å²) in [7, 11) is 0. The standard InChI is InChI=1S/C14H16FNO2/c15-10-4-5-12-9(7-10)8-13(18-12)14(17)11-3-1-2-6-16-11/h4-5,7-8,11,14,16-17H,1-3,6H2. The molecule has 2 atom stereocenters. The van der Waals surface area contributed by atoms with Crippen LogP contribution in [0.5, 0.6) is 0 Å². The van der Waals surface area contributed by atoms with Gasteiger partial charge in [0.2, 0.25) is 0 Å². The van der Waals surface area contributed by atoms with Crippen LogP contribution in [0, 0.1) is 5.82 Å². The molecule has 0 bridgehead atoms. The Hall–Kier alpha value is -1.39. The second kappa shape index (κ2) is 4.71. The van der Waals surface area contributed by atoms with E-state index in [1.807, 2.05) is 0 Å². The van der Waals surface area contributed by atoms with Gasteiger partial charge in [-0.25, -0.2) is 4.39 Å². The maximum absolute atomic E-state index is 13.1. The van der Waals surface area contributed by atoms with Gasteiger partial charge < -0.3 is 14.8 Å². The molecular formula is C14H16FNO2. The van der Waals surface area contributed by atoms with Crippen LogP contribution >= 0.6 is 0 Å². The first-order valence-electron chi connectivity index (χ1n) is 6.34. The van der Waals surface area contributed by atoms with E-state index in [2.05, 4.69) is 5.32 Å². The Morgan fingerprint density at radius 3 is 3.00 bits per heavy atom. The minimum absolute atomic E-state index is 0.0316. The lowest BCUT2D eigenvalue weighted by Gasteiger charge is -2.26. The second-order valence-corrected chi connectivity index (χ2v) is 4.83. The van der Waals surface area contributed by atoms with Crippen molar-refractivity contribution in [3.63, 3.8) is 0 Å². The zero-order valence-electron chi connectivity index (χ0n) is 10.0. The highest BCUT2D eigenvalue weighted by atomic mass is 19.1. The van der Waals surface area contributed by atoms with E-state index in [1.165, 1.54) is 12.1 Å². The number of fused-ring (bicyclic) bond motifs is 1. The molecule has 2 heterocycles. The summed E-state index contributed by atoms with van der Waals surface area (Å²) in [5, 5.41) is 14.2. The fraction of sp³-hybridized carbons (Fsp3) is 0.429.